The van der Waals surface area contributed by atoms with Gasteiger partial charge in [0.25, 0.3) is 5.91 Å². The van der Waals surface area contributed by atoms with E-state index >= 15 is 0 Å². The first kappa shape index (κ1) is 21.9. The second-order valence-corrected chi connectivity index (χ2v) is 8.42. The van der Waals surface area contributed by atoms with Crippen molar-refractivity contribution in [1.29, 1.82) is 0 Å². The third-order valence-corrected chi connectivity index (χ3v) is 6.04. The molecule has 1 amide bonds. The molecule has 0 saturated heterocycles. The van der Waals surface area contributed by atoms with Crippen LogP contribution in [0.1, 0.15) is 21.5 Å². The first-order chi connectivity index (χ1) is 16.4. The van der Waals surface area contributed by atoms with Gasteiger partial charge in [0, 0.05) is 27.9 Å². The van der Waals surface area contributed by atoms with Crippen molar-refractivity contribution in [2.24, 2.45) is 0 Å². The van der Waals surface area contributed by atoms with Crippen molar-refractivity contribution in [3.8, 4) is 0 Å². The van der Waals surface area contributed by atoms with Gasteiger partial charge in [-0.1, -0.05) is 48.2 Å². The summed E-state index contributed by atoms with van der Waals surface area (Å²) in [6, 6.07) is 19.1. The van der Waals surface area contributed by atoms with E-state index in [4.69, 9.17) is 0 Å². The molecule has 0 fully saturated rings. The van der Waals surface area contributed by atoms with Gasteiger partial charge in [0.1, 0.15) is 5.52 Å². The van der Waals surface area contributed by atoms with E-state index in [2.05, 4.69) is 25.5 Å². The molecule has 2 heterocycles. The summed E-state index contributed by atoms with van der Waals surface area (Å²) < 4.78 is 38.6. The minimum absolute atomic E-state index is 0.0801. The maximum atomic E-state index is 12.9. The number of aromatic amines is 1. The molecule has 10 heteroatoms. The van der Waals surface area contributed by atoms with Gasteiger partial charge in [-0.25, -0.2) is 4.98 Å². The Hall–Kier alpha value is -3.92. The summed E-state index contributed by atoms with van der Waals surface area (Å²) in [5.41, 5.74) is 2.86. The molecular formula is C24H16F3N5OS. The Morgan fingerprint density at radius 2 is 1.76 bits per heavy atom. The Balaban J connectivity index is 1.24. The highest BCUT2D eigenvalue weighted by atomic mass is 32.2. The van der Waals surface area contributed by atoms with Gasteiger partial charge in [-0.2, -0.15) is 13.2 Å². The number of rotatable bonds is 5. The average Bonchev–Trinajstić information content (AvgIpc) is 3.20. The number of aromatic nitrogens is 4. The van der Waals surface area contributed by atoms with Crippen molar-refractivity contribution >= 4 is 45.4 Å². The standard InChI is InChI=1S/C24H16F3N5OS/c25-24(26,27)16-4-3-5-17(12-16)28-22(33)15-10-8-14(9-11-15)13-34-23-30-21-20(31-32-23)18-6-1-2-7-19(18)29-21/h1-12H,13H2,(H,28,33)(H,29,30,32). The second kappa shape index (κ2) is 8.79. The minimum atomic E-state index is -4.47. The van der Waals surface area contributed by atoms with Gasteiger partial charge in [0.15, 0.2) is 5.65 Å². The van der Waals surface area contributed by atoms with Crippen molar-refractivity contribution < 1.29 is 18.0 Å². The fraction of sp³-hybridized carbons (Fsp3) is 0.0833. The number of carbonyl (C=O) groups is 1. The molecule has 34 heavy (non-hydrogen) atoms. The molecule has 5 aromatic rings. The SMILES string of the molecule is O=C(Nc1cccc(C(F)(F)F)c1)c1ccc(CSc2nnc3c(n2)[nH]c2ccccc23)cc1. The Bertz CT molecular complexity index is 1500. The van der Waals surface area contributed by atoms with Crippen LogP contribution >= 0.6 is 11.8 Å². The van der Waals surface area contributed by atoms with Crippen LogP contribution in [0, 0.1) is 0 Å². The number of amides is 1. The number of benzene rings is 3. The quantitative estimate of drug-likeness (QED) is 0.299. The highest BCUT2D eigenvalue weighted by Crippen LogP contribution is 2.31. The number of nitrogens with zero attached hydrogens (tertiary/aromatic N) is 3. The molecule has 0 radical (unpaired) electrons. The molecule has 0 saturated carbocycles. The number of carbonyl (C=O) groups excluding carboxylic acids is 1. The molecule has 6 nitrogen and oxygen atoms in total. The Morgan fingerprint density at radius 1 is 0.971 bits per heavy atom. The van der Waals surface area contributed by atoms with Gasteiger partial charge < -0.3 is 10.3 Å². The normalized spacial score (nSPS) is 11.7. The predicted octanol–water partition coefficient (Wildman–Crippen LogP) is 6.07. The molecule has 0 bridgehead atoms. The van der Waals surface area contributed by atoms with Gasteiger partial charge in [-0.3, -0.25) is 4.79 Å². The summed E-state index contributed by atoms with van der Waals surface area (Å²) in [6.45, 7) is 0. The zero-order valence-corrected chi connectivity index (χ0v) is 18.2. The first-order valence-corrected chi connectivity index (χ1v) is 11.2. The van der Waals surface area contributed by atoms with E-state index in [0.717, 1.165) is 34.1 Å². The first-order valence-electron chi connectivity index (χ1n) is 10.2. The monoisotopic (exact) mass is 479 g/mol. The van der Waals surface area contributed by atoms with Crippen LogP contribution in [0.2, 0.25) is 0 Å². The summed E-state index contributed by atoms with van der Waals surface area (Å²) in [4.78, 5) is 20.2. The number of alkyl halides is 3. The van der Waals surface area contributed by atoms with Gasteiger partial charge in [0.05, 0.1) is 5.56 Å². The summed E-state index contributed by atoms with van der Waals surface area (Å²) in [5.74, 6) is 0.0680. The third-order valence-electron chi connectivity index (χ3n) is 5.13. The lowest BCUT2D eigenvalue weighted by atomic mass is 10.1. The molecule has 2 aromatic heterocycles. The Morgan fingerprint density at radius 3 is 2.56 bits per heavy atom. The maximum absolute atomic E-state index is 12.9. The van der Waals surface area contributed by atoms with Crippen LogP contribution in [0.3, 0.4) is 0 Å². The highest BCUT2D eigenvalue weighted by molar-refractivity contribution is 7.98. The smallest absolute Gasteiger partial charge is 0.338 e. The Kier molecular flexibility index (Phi) is 5.66. The molecule has 0 aliphatic heterocycles. The topological polar surface area (TPSA) is 83.6 Å². The third kappa shape index (κ3) is 4.58. The lowest BCUT2D eigenvalue weighted by molar-refractivity contribution is -0.137. The van der Waals surface area contributed by atoms with E-state index in [1.807, 2.05) is 24.3 Å². The van der Waals surface area contributed by atoms with E-state index in [1.165, 1.54) is 23.9 Å². The Labute approximate surface area is 195 Å². The van der Waals surface area contributed by atoms with Crippen LogP contribution in [-0.4, -0.2) is 26.1 Å². The summed E-state index contributed by atoms with van der Waals surface area (Å²) in [6.07, 6.45) is -4.47. The van der Waals surface area contributed by atoms with Crippen LogP contribution in [0.4, 0.5) is 18.9 Å². The van der Waals surface area contributed by atoms with E-state index in [0.29, 0.717) is 22.1 Å². The van der Waals surface area contributed by atoms with Gasteiger partial charge >= 0.3 is 6.18 Å². The molecule has 170 valence electrons. The number of nitrogens with one attached hydrogen (secondary N) is 2. The number of hydrogen-bond acceptors (Lipinski definition) is 5. The fourth-order valence-corrected chi connectivity index (χ4v) is 4.19. The molecule has 3 aromatic carbocycles. The van der Waals surface area contributed by atoms with Gasteiger partial charge in [-0.05, 0) is 42.0 Å². The van der Waals surface area contributed by atoms with Crippen LogP contribution in [0.15, 0.2) is 78.0 Å². The number of hydrogen-bond donors (Lipinski definition) is 2. The number of H-pyrrole nitrogens is 1. The number of fused-ring (bicyclic) bond motifs is 3. The van der Waals surface area contributed by atoms with Crippen LogP contribution < -0.4 is 5.32 Å². The van der Waals surface area contributed by atoms with Crippen molar-refractivity contribution in [2.75, 3.05) is 5.32 Å². The molecule has 5 rings (SSSR count). The molecule has 0 spiro atoms. The lowest BCUT2D eigenvalue weighted by Crippen LogP contribution is -2.13. The molecule has 2 N–H and O–H groups in total. The lowest BCUT2D eigenvalue weighted by Gasteiger charge is -2.10. The van der Waals surface area contributed by atoms with E-state index in [1.54, 1.807) is 24.3 Å². The van der Waals surface area contributed by atoms with E-state index < -0.39 is 17.6 Å². The van der Waals surface area contributed by atoms with E-state index in [9.17, 15) is 18.0 Å². The molecule has 0 unspecified atom stereocenters. The summed E-state index contributed by atoms with van der Waals surface area (Å²) >= 11 is 1.41. The molecule has 0 aliphatic carbocycles. The number of anilines is 1. The van der Waals surface area contributed by atoms with Crippen LogP contribution in [0.5, 0.6) is 0 Å². The van der Waals surface area contributed by atoms with Crippen LogP contribution in [-0.2, 0) is 11.9 Å². The molecular weight excluding hydrogens is 463 g/mol. The maximum Gasteiger partial charge on any atom is 0.416 e. The summed E-state index contributed by atoms with van der Waals surface area (Å²) in [7, 11) is 0. The summed E-state index contributed by atoms with van der Waals surface area (Å²) in [5, 5.41) is 12.5. The second-order valence-electron chi connectivity index (χ2n) is 7.48. The van der Waals surface area contributed by atoms with Gasteiger partial charge in [-0.15, -0.1) is 10.2 Å². The molecule has 0 atom stereocenters. The minimum Gasteiger partial charge on any atom is -0.338 e. The zero-order valence-electron chi connectivity index (χ0n) is 17.4. The van der Waals surface area contributed by atoms with Crippen molar-refractivity contribution in [1.82, 2.24) is 20.2 Å². The number of thioether (sulfide) groups is 1. The van der Waals surface area contributed by atoms with Crippen LogP contribution in [0.25, 0.3) is 22.1 Å². The van der Waals surface area contributed by atoms with E-state index in [-0.39, 0.29) is 5.69 Å². The number of para-hydroxylation sites is 1. The largest absolute Gasteiger partial charge is 0.416 e. The van der Waals surface area contributed by atoms with Crippen molar-refractivity contribution in [3.05, 3.63) is 89.5 Å². The number of halogens is 3. The predicted molar refractivity (Wildman–Crippen MR) is 125 cm³/mol. The fourth-order valence-electron chi connectivity index (χ4n) is 3.44. The average molecular weight is 479 g/mol. The highest BCUT2D eigenvalue weighted by Gasteiger charge is 2.30. The van der Waals surface area contributed by atoms with Gasteiger partial charge in [0.2, 0.25) is 5.16 Å². The molecule has 0 aliphatic rings. The zero-order chi connectivity index (χ0) is 23.7. The van der Waals surface area contributed by atoms with Crippen molar-refractivity contribution in [2.45, 2.75) is 17.1 Å². The van der Waals surface area contributed by atoms with Crippen molar-refractivity contribution in [3.63, 3.8) is 0 Å².